The van der Waals surface area contributed by atoms with Crippen molar-refractivity contribution in [3.8, 4) is 0 Å². The van der Waals surface area contributed by atoms with Crippen molar-refractivity contribution in [2.45, 2.75) is 76.5 Å². The lowest BCUT2D eigenvalue weighted by Gasteiger charge is -2.29. The SMILES string of the molecule is CC(C)CC(NC(=O)C(Cc1c[nH]c2ccccc12)NC(=O)C(N)CCC(N)=O)C(=O)N1CCCC1C(=O)O. The first-order chi connectivity index (χ1) is 18.5. The lowest BCUT2D eigenvalue weighted by atomic mass is 9.99. The molecule has 2 heterocycles. The number of carboxylic acid groups (broad SMARTS) is 1. The lowest BCUT2D eigenvalue weighted by molar-refractivity contribution is -0.149. The van der Waals surface area contributed by atoms with E-state index >= 15 is 0 Å². The summed E-state index contributed by atoms with van der Waals surface area (Å²) in [6.07, 6.45) is 3.00. The number of nitrogens with one attached hydrogen (secondary N) is 3. The van der Waals surface area contributed by atoms with Crippen LogP contribution in [-0.2, 0) is 30.4 Å². The van der Waals surface area contributed by atoms with E-state index in [9.17, 15) is 29.1 Å². The van der Waals surface area contributed by atoms with E-state index in [-0.39, 0.29) is 25.2 Å². The fraction of sp³-hybridized carbons (Fsp3) is 0.519. The molecule has 212 valence electrons. The Kier molecular flexibility index (Phi) is 10.0. The summed E-state index contributed by atoms with van der Waals surface area (Å²) in [7, 11) is 0. The average molecular weight is 543 g/mol. The number of carbonyl (C=O) groups excluding carboxylic acids is 4. The van der Waals surface area contributed by atoms with Crippen LogP contribution in [0, 0.1) is 5.92 Å². The molecule has 0 bridgehead atoms. The highest BCUT2D eigenvalue weighted by atomic mass is 16.4. The van der Waals surface area contributed by atoms with E-state index in [0.717, 1.165) is 16.5 Å². The van der Waals surface area contributed by atoms with E-state index in [4.69, 9.17) is 11.5 Å². The predicted molar refractivity (Wildman–Crippen MR) is 144 cm³/mol. The third-order valence-corrected chi connectivity index (χ3v) is 6.91. The Morgan fingerprint density at radius 2 is 1.79 bits per heavy atom. The van der Waals surface area contributed by atoms with Crippen molar-refractivity contribution >= 4 is 40.5 Å². The van der Waals surface area contributed by atoms with E-state index in [0.29, 0.717) is 25.8 Å². The number of carbonyl (C=O) groups is 5. The maximum absolute atomic E-state index is 13.6. The van der Waals surface area contributed by atoms with Gasteiger partial charge >= 0.3 is 5.97 Å². The van der Waals surface area contributed by atoms with E-state index in [1.165, 1.54) is 4.90 Å². The molecule has 1 aromatic carbocycles. The first-order valence-corrected chi connectivity index (χ1v) is 13.2. The van der Waals surface area contributed by atoms with Gasteiger partial charge in [-0.2, -0.15) is 0 Å². The summed E-state index contributed by atoms with van der Waals surface area (Å²) >= 11 is 0. The number of primary amides is 1. The Balaban J connectivity index is 1.84. The number of benzene rings is 1. The van der Waals surface area contributed by atoms with E-state index in [1.807, 2.05) is 38.1 Å². The van der Waals surface area contributed by atoms with Crippen molar-refractivity contribution < 1.29 is 29.1 Å². The number of hydrogen-bond acceptors (Lipinski definition) is 6. The van der Waals surface area contributed by atoms with Crippen LogP contribution in [0.5, 0.6) is 0 Å². The molecule has 2 aromatic rings. The number of rotatable bonds is 13. The van der Waals surface area contributed by atoms with E-state index in [1.54, 1.807) is 6.20 Å². The van der Waals surface area contributed by atoms with E-state index < -0.39 is 53.8 Å². The highest BCUT2D eigenvalue weighted by Crippen LogP contribution is 2.22. The summed E-state index contributed by atoms with van der Waals surface area (Å²) in [6.45, 7) is 4.09. The quantitative estimate of drug-likeness (QED) is 0.210. The van der Waals surface area contributed by atoms with Crippen LogP contribution in [0.25, 0.3) is 10.9 Å². The molecule has 1 fully saturated rings. The number of nitrogens with zero attached hydrogens (tertiary/aromatic N) is 1. The van der Waals surface area contributed by atoms with Crippen molar-refractivity contribution in [1.82, 2.24) is 20.5 Å². The molecule has 0 aliphatic carbocycles. The zero-order chi connectivity index (χ0) is 28.7. The molecule has 12 heteroatoms. The van der Waals surface area contributed by atoms with Gasteiger partial charge in [0.15, 0.2) is 0 Å². The number of para-hydroxylation sites is 1. The van der Waals surface area contributed by atoms with Crippen LogP contribution in [0.15, 0.2) is 30.5 Å². The van der Waals surface area contributed by atoms with Gasteiger partial charge in [0.25, 0.3) is 0 Å². The van der Waals surface area contributed by atoms with Gasteiger partial charge in [0.2, 0.25) is 23.6 Å². The van der Waals surface area contributed by atoms with Gasteiger partial charge in [-0.15, -0.1) is 0 Å². The highest BCUT2D eigenvalue weighted by Gasteiger charge is 2.38. The number of aromatic nitrogens is 1. The Hall–Kier alpha value is -3.93. The second-order valence-electron chi connectivity index (χ2n) is 10.5. The molecule has 1 aliphatic heterocycles. The maximum Gasteiger partial charge on any atom is 0.326 e. The zero-order valence-electron chi connectivity index (χ0n) is 22.3. The largest absolute Gasteiger partial charge is 0.480 e. The fourth-order valence-corrected chi connectivity index (χ4v) is 4.89. The predicted octanol–water partition coefficient (Wildman–Crippen LogP) is 0.395. The molecule has 4 unspecified atom stereocenters. The first-order valence-electron chi connectivity index (χ1n) is 13.2. The molecule has 0 saturated carbocycles. The molecular formula is C27H38N6O6. The third kappa shape index (κ3) is 7.79. The Bertz CT molecular complexity index is 1210. The van der Waals surface area contributed by atoms with Crippen LogP contribution in [0.2, 0.25) is 0 Å². The number of aliphatic carboxylic acids is 1. The molecule has 39 heavy (non-hydrogen) atoms. The van der Waals surface area contributed by atoms with Crippen molar-refractivity contribution in [1.29, 1.82) is 0 Å². The van der Waals surface area contributed by atoms with Gasteiger partial charge in [0.05, 0.1) is 6.04 Å². The second kappa shape index (κ2) is 13.2. The van der Waals surface area contributed by atoms with Gasteiger partial charge < -0.3 is 37.1 Å². The van der Waals surface area contributed by atoms with Crippen LogP contribution in [0.4, 0.5) is 0 Å². The van der Waals surface area contributed by atoms with Gasteiger partial charge in [-0.3, -0.25) is 19.2 Å². The average Bonchev–Trinajstić information content (AvgIpc) is 3.53. The molecule has 8 N–H and O–H groups in total. The minimum absolute atomic E-state index is 0.0165. The molecular weight excluding hydrogens is 504 g/mol. The van der Waals surface area contributed by atoms with Gasteiger partial charge in [-0.1, -0.05) is 32.0 Å². The maximum atomic E-state index is 13.6. The summed E-state index contributed by atoms with van der Waals surface area (Å²) in [4.78, 5) is 67.2. The van der Waals surface area contributed by atoms with Crippen molar-refractivity contribution in [3.63, 3.8) is 0 Å². The van der Waals surface area contributed by atoms with Crippen LogP contribution < -0.4 is 22.1 Å². The number of aromatic amines is 1. The molecule has 3 rings (SSSR count). The minimum Gasteiger partial charge on any atom is -0.480 e. The number of likely N-dealkylation sites (tertiary alicyclic amines) is 1. The Morgan fingerprint density at radius 3 is 2.46 bits per heavy atom. The molecule has 12 nitrogen and oxygen atoms in total. The highest BCUT2D eigenvalue weighted by molar-refractivity contribution is 5.95. The third-order valence-electron chi connectivity index (χ3n) is 6.91. The van der Waals surface area contributed by atoms with Crippen LogP contribution >= 0.6 is 0 Å². The monoisotopic (exact) mass is 542 g/mol. The zero-order valence-corrected chi connectivity index (χ0v) is 22.3. The topological polar surface area (TPSA) is 201 Å². The summed E-state index contributed by atoms with van der Waals surface area (Å²) in [5.41, 5.74) is 12.7. The number of H-pyrrole nitrogens is 1. The molecule has 0 radical (unpaired) electrons. The van der Waals surface area contributed by atoms with Gasteiger partial charge in [-0.25, -0.2) is 4.79 Å². The van der Waals surface area contributed by atoms with Crippen molar-refractivity contribution in [2.75, 3.05) is 6.54 Å². The van der Waals surface area contributed by atoms with Gasteiger partial charge in [0.1, 0.15) is 18.1 Å². The van der Waals surface area contributed by atoms with Crippen LogP contribution in [0.1, 0.15) is 51.5 Å². The molecule has 1 saturated heterocycles. The first kappa shape index (κ1) is 29.6. The van der Waals surface area contributed by atoms with Crippen molar-refractivity contribution in [2.24, 2.45) is 17.4 Å². The molecule has 1 aromatic heterocycles. The Morgan fingerprint density at radius 1 is 1.10 bits per heavy atom. The van der Waals surface area contributed by atoms with Crippen molar-refractivity contribution in [3.05, 3.63) is 36.0 Å². The van der Waals surface area contributed by atoms with Gasteiger partial charge in [-0.05, 0) is 43.2 Å². The lowest BCUT2D eigenvalue weighted by Crippen LogP contribution is -2.58. The summed E-state index contributed by atoms with van der Waals surface area (Å²) in [5, 5.41) is 15.9. The molecule has 4 atom stereocenters. The number of carboxylic acids is 1. The van der Waals surface area contributed by atoms with Crippen LogP contribution in [0.3, 0.4) is 0 Å². The smallest absolute Gasteiger partial charge is 0.326 e. The number of nitrogens with two attached hydrogens (primary N) is 2. The Labute approximate surface area is 226 Å². The molecule has 4 amide bonds. The minimum atomic E-state index is -1.09. The number of amides is 4. The number of fused-ring (bicyclic) bond motifs is 1. The number of hydrogen-bond donors (Lipinski definition) is 6. The van der Waals surface area contributed by atoms with E-state index in [2.05, 4.69) is 15.6 Å². The fourth-order valence-electron chi connectivity index (χ4n) is 4.89. The summed E-state index contributed by atoms with van der Waals surface area (Å²) < 4.78 is 0. The van der Waals surface area contributed by atoms with Gasteiger partial charge in [0, 0.05) is 36.5 Å². The normalized spacial score (nSPS) is 17.5. The molecule has 0 spiro atoms. The summed E-state index contributed by atoms with van der Waals surface area (Å²) in [5.74, 6) is -3.34. The standard InChI is InChI=1S/C27H38N6O6/c1-15(2)12-21(26(37)33-11-5-8-22(33)27(38)39)32-25(36)20(31-24(35)18(28)9-10-23(29)34)13-16-14-30-19-7-4-3-6-17(16)19/h3-4,6-7,14-15,18,20-22,30H,5,8-13,28H2,1-2H3,(H2,29,34)(H,31,35)(H,32,36)(H,38,39). The second-order valence-corrected chi connectivity index (χ2v) is 10.5. The van der Waals surface area contributed by atoms with Crippen LogP contribution in [-0.4, -0.2) is 75.3 Å². The molecule has 1 aliphatic rings. The summed E-state index contributed by atoms with van der Waals surface area (Å²) in [6, 6.07) is 3.45.